The van der Waals surface area contributed by atoms with Crippen molar-refractivity contribution in [2.24, 2.45) is 5.92 Å². The number of anilines is 1. The fourth-order valence-electron chi connectivity index (χ4n) is 1.89. The Morgan fingerprint density at radius 3 is 2.20 bits per heavy atom. The van der Waals surface area contributed by atoms with Crippen LogP contribution in [-0.4, -0.2) is 39.7 Å². The topological polar surface area (TPSA) is 83.9 Å². The second kappa shape index (κ2) is 8.89. The van der Waals surface area contributed by atoms with Crippen molar-refractivity contribution in [2.75, 3.05) is 10.7 Å². The van der Waals surface area contributed by atoms with Gasteiger partial charge < -0.3 is 9.84 Å². The van der Waals surface area contributed by atoms with Gasteiger partial charge in [-0.1, -0.05) is 36.9 Å². The van der Waals surface area contributed by atoms with Gasteiger partial charge in [-0.2, -0.15) is 0 Å². The molecule has 0 aromatic heterocycles. The third-order valence-electron chi connectivity index (χ3n) is 3.25. The number of hydrogen-bond donors (Lipinski definition) is 1. The molecule has 0 spiro atoms. The Balaban J connectivity index is 2.97. The standard InChI is InChI=1S/C18H25NO5S/c1-12(15(20)21)11-25-16(22)13(2)19(14-9-7-6-8-10-14)17(23)24-18(3,4)5/h6-10,12-13H,11H2,1-5H3,(H,20,21). The Kier molecular flexibility index (Phi) is 7.48. The van der Waals surface area contributed by atoms with Crippen LogP contribution in [0.15, 0.2) is 30.3 Å². The number of carbonyl (C=O) groups excluding carboxylic acids is 2. The molecule has 138 valence electrons. The average molecular weight is 367 g/mol. The summed E-state index contributed by atoms with van der Waals surface area (Å²) in [6.07, 6.45) is -0.619. The Morgan fingerprint density at radius 2 is 1.72 bits per heavy atom. The first-order valence-electron chi connectivity index (χ1n) is 7.99. The minimum Gasteiger partial charge on any atom is -0.481 e. The number of aliphatic carboxylic acids is 1. The maximum atomic E-state index is 12.6. The monoisotopic (exact) mass is 367 g/mol. The fraction of sp³-hybridized carbons (Fsp3) is 0.500. The van der Waals surface area contributed by atoms with E-state index in [4.69, 9.17) is 9.84 Å². The lowest BCUT2D eigenvalue weighted by atomic mass is 10.2. The van der Waals surface area contributed by atoms with Gasteiger partial charge in [0.15, 0.2) is 0 Å². The van der Waals surface area contributed by atoms with E-state index in [0.29, 0.717) is 5.69 Å². The van der Waals surface area contributed by atoms with Crippen LogP contribution in [0.3, 0.4) is 0 Å². The molecule has 0 bridgehead atoms. The zero-order chi connectivity index (χ0) is 19.2. The third kappa shape index (κ3) is 6.78. The molecule has 0 aliphatic carbocycles. The van der Waals surface area contributed by atoms with Gasteiger partial charge in [-0.3, -0.25) is 14.5 Å². The molecule has 2 unspecified atom stereocenters. The number of para-hydroxylation sites is 1. The SMILES string of the molecule is CC(CSC(=O)C(C)N(C(=O)OC(C)(C)C)c1ccccc1)C(=O)O. The second-order valence-corrected chi connectivity index (χ2v) is 7.76. The first-order valence-corrected chi connectivity index (χ1v) is 8.98. The van der Waals surface area contributed by atoms with Gasteiger partial charge in [0.25, 0.3) is 0 Å². The molecule has 0 aliphatic rings. The van der Waals surface area contributed by atoms with Crippen LogP contribution < -0.4 is 4.90 Å². The van der Waals surface area contributed by atoms with Crippen LogP contribution in [0.25, 0.3) is 0 Å². The average Bonchev–Trinajstić information content (AvgIpc) is 2.51. The molecule has 0 saturated heterocycles. The van der Waals surface area contributed by atoms with E-state index in [0.717, 1.165) is 11.8 Å². The molecule has 1 N–H and O–H groups in total. The van der Waals surface area contributed by atoms with E-state index >= 15 is 0 Å². The molecule has 25 heavy (non-hydrogen) atoms. The van der Waals surface area contributed by atoms with Gasteiger partial charge in [-0.05, 0) is 39.8 Å². The number of carbonyl (C=O) groups is 3. The van der Waals surface area contributed by atoms with Crippen LogP contribution in [-0.2, 0) is 14.3 Å². The zero-order valence-electron chi connectivity index (χ0n) is 15.2. The predicted molar refractivity (Wildman–Crippen MR) is 98.9 cm³/mol. The molecular weight excluding hydrogens is 342 g/mol. The molecule has 0 aliphatic heterocycles. The first kappa shape index (κ1) is 21.0. The Bertz CT molecular complexity index is 612. The van der Waals surface area contributed by atoms with Gasteiger partial charge in [-0.15, -0.1) is 0 Å². The van der Waals surface area contributed by atoms with E-state index in [2.05, 4.69) is 0 Å². The smallest absolute Gasteiger partial charge is 0.415 e. The number of nitrogens with zero attached hydrogens (tertiary/aromatic N) is 1. The van der Waals surface area contributed by atoms with E-state index in [9.17, 15) is 14.4 Å². The molecule has 2 atom stereocenters. The van der Waals surface area contributed by atoms with Crippen LogP contribution in [0.1, 0.15) is 34.6 Å². The number of ether oxygens (including phenoxy) is 1. The van der Waals surface area contributed by atoms with Crippen molar-refractivity contribution in [1.82, 2.24) is 0 Å². The molecule has 6 nitrogen and oxygen atoms in total. The fourth-order valence-corrected chi connectivity index (χ4v) is 2.79. The molecule has 1 aromatic rings. The van der Waals surface area contributed by atoms with Gasteiger partial charge in [0.05, 0.1) is 5.92 Å². The van der Waals surface area contributed by atoms with Gasteiger partial charge in [-0.25, -0.2) is 4.79 Å². The van der Waals surface area contributed by atoms with Crippen LogP contribution in [0, 0.1) is 5.92 Å². The molecule has 7 heteroatoms. The summed E-state index contributed by atoms with van der Waals surface area (Å²) in [7, 11) is 0. The molecule has 0 saturated carbocycles. The maximum absolute atomic E-state index is 12.6. The van der Waals surface area contributed by atoms with Crippen molar-refractivity contribution < 1.29 is 24.2 Å². The maximum Gasteiger partial charge on any atom is 0.415 e. The molecule has 0 fully saturated rings. The van der Waals surface area contributed by atoms with Crippen molar-refractivity contribution in [3.05, 3.63) is 30.3 Å². The highest BCUT2D eigenvalue weighted by Gasteiger charge is 2.31. The number of amides is 1. The minimum absolute atomic E-state index is 0.148. The van der Waals surface area contributed by atoms with Gasteiger partial charge in [0.2, 0.25) is 5.12 Å². The lowest BCUT2D eigenvalue weighted by molar-refractivity contribution is -0.140. The molecular formula is C18H25NO5S. The second-order valence-electron chi connectivity index (χ2n) is 6.73. The third-order valence-corrected chi connectivity index (χ3v) is 4.54. The Hall–Kier alpha value is -2.02. The number of carboxylic acids is 1. The normalized spacial score (nSPS) is 13.6. The molecule has 0 heterocycles. The van der Waals surface area contributed by atoms with Crippen molar-refractivity contribution in [3.8, 4) is 0 Å². The van der Waals surface area contributed by atoms with Crippen molar-refractivity contribution in [1.29, 1.82) is 0 Å². The summed E-state index contributed by atoms with van der Waals surface area (Å²) >= 11 is 0.910. The molecule has 1 rings (SSSR count). The van der Waals surface area contributed by atoms with Crippen molar-refractivity contribution in [2.45, 2.75) is 46.3 Å². The van der Waals surface area contributed by atoms with Crippen LogP contribution in [0.5, 0.6) is 0 Å². The minimum atomic E-state index is -0.958. The van der Waals surface area contributed by atoms with Gasteiger partial charge in [0.1, 0.15) is 11.6 Å². The summed E-state index contributed by atoms with van der Waals surface area (Å²) in [6, 6.07) is 8.00. The lowest BCUT2D eigenvalue weighted by Gasteiger charge is -2.31. The largest absolute Gasteiger partial charge is 0.481 e. The number of hydrogen-bond acceptors (Lipinski definition) is 5. The van der Waals surface area contributed by atoms with E-state index < -0.39 is 29.6 Å². The summed E-state index contributed by atoms with van der Waals surface area (Å²) in [4.78, 5) is 37.3. The van der Waals surface area contributed by atoms with E-state index in [-0.39, 0.29) is 10.9 Å². The van der Waals surface area contributed by atoms with Crippen LogP contribution in [0.2, 0.25) is 0 Å². The molecule has 1 aromatic carbocycles. The number of carboxylic acid groups (broad SMARTS) is 1. The van der Waals surface area contributed by atoms with Gasteiger partial charge in [0, 0.05) is 11.4 Å². The lowest BCUT2D eigenvalue weighted by Crippen LogP contribution is -2.45. The molecule has 1 amide bonds. The Morgan fingerprint density at radius 1 is 1.16 bits per heavy atom. The molecule has 0 radical (unpaired) electrons. The van der Waals surface area contributed by atoms with Crippen molar-refractivity contribution >= 4 is 34.6 Å². The Labute approximate surface area is 152 Å². The summed E-state index contributed by atoms with van der Waals surface area (Å²) in [5.41, 5.74) is -0.151. The van der Waals surface area contributed by atoms with E-state index in [1.165, 1.54) is 11.8 Å². The number of benzene rings is 1. The quantitative estimate of drug-likeness (QED) is 0.823. The van der Waals surface area contributed by atoms with E-state index in [1.54, 1.807) is 52.0 Å². The predicted octanol–water partition coefficient (Wildman–Crippen LogP) is 3.80. The van der Waals surface area contributed by atoms with Crippen LogP contribution in [0.4, 0.5) is 10.5 Å². The number of thioether (sulfide) groups is 1. The van der Waals surface area contributed by atoms with Crippen molar-refractivity contribution in [3.63, 3.8) is 0 Å². The van der Waals surface area contributed by atoms with Crippen LogP contribution >= 0.6 is 11.8 Å². The summed E-state index contributed by atoms with van der Waals surface area (Å²) in [5, 5.41) is 8.64. The summed E-state index contributed by atoms with van der Waals surface area (Å²) < 4.78 is 5.42. The first-order chi connectivity index (χ1) is 11.5. The number of rotatable bonds is 6. The zero-order valence-corrected chi connectivity index (χ0v) is 16.0. The summed E-state index contributed by atoms with van der Waals surface area (Å²) in [6.45, 7) is 8.41. The highest BCUT2D eigenvalue weighted by molar-refractivity contribution is 8.13. The highest BCUT2D eigenvalue weighted by atomic mass is 32.2. The highest BCUT2D eigenvalue weighted by Crippen LogP contribution is 2.24. The summed E-state index contributed by atoms with van der Waals surface area (Å²) in [5.74, 6) is -1.46. The van der Waals surface area contributed by atoms with E-state index in [1.807, 2.05) is 6.07 Å². The van der Waals surface area contributed by atoms with Gasteiger partial charge >= 0.3 is 12.1 Å².